The van der Waals surface area contributed by atoms with Crippen LogP contribution in [0.5, 0.6) is 0 Å². The van der Waals surface area contributed by atoms with Crippen LogP contribution in [0.25, 0.3) is 11.4 Å². The van der Waals surface area contributed by atoms with Crippen LogP contribution in [0.4, 0.5) is 10.1 Å². The Balaban J connectivity index is 1.62. The molecule has 1 amide bonds. The predicted molar refractivity (Wildman–Crippen MR) is 85.5 cm³/mol. The van der Waals surface area contributed by atoms with Crippen molar-refractivity contribution in [2.45, 2.75) is 10.7 Å². The first kappa shape index (κ1) is 14.7. The van der Waals surface area contributed by atoms with Crippen molar-refractivity contribution in [3.8, 4) is 11.4 Å². The Kier molecular flexibility index (Phi) is 4.50. The fraction of sp³-hybridized carbons (Fsp3) is 0.0714. The van der Waals surface area contributed by atoms with Gasteiger partial charge >= 0.3 is 0 Å². The Morgan fingerprint density at radius 3 is 2.86 bits per heavy atom. The van der Waals surface area contributed by atoms with Crippen LogP contribution < -0.4 is 5.32 Å². The van der Waals surface area contributed by atoms with Crippen molar-refractivity contribution in [2.24, 2.45) is 0 Å². The van der Waals surface area contributed by atoms with Gasteiger partial charge in [-0.15, -0.1) is 5.10 Å². The van der Waals surface area contributed by atoms with E-state index in [9.17, 15) is 9.18 Å². The quantitative estimate of drug-likeness (QED) is 0.700. The molecule has 112 valence electrons. The van der Waals surface area contributed by atoms with Crippen LogP contribution in [-0.2, 0) is 4.79 Å². The normalized spacial score (nSPS) is 12.0. The van der Waals surface area contributed by atoms with Gasteiger partial charge in [-0.05, 0) is 35.3 Å². The number of hydrogen-bond donors (Lipinski definition) is 2. The van der Waals surface area contributed by atoms with Gasteiger partial charge < -0.3 is 5.32 Å². The summed E-state index contributed by atoms with van der Waals surface area (Å²) in [5.74, 6) is -0.183. The van der Waals surface area contributed by atoms with Gasteiger partial charge in [-0.1, -0.05) is 18.2 Å². The minimum absolute atomic E-state index is 0.192. The molecular weight excluding hydrogens is 323 g/mol. The number of carbonyl (C=O) groups is 1. The molecule has 1 atom stereocenters. The number of amides is 1. The van der Waals surface area contributed by atoms with Crippen LogP contribution in [0.2, 0.25) is 0 Å². The second kappa shape index (κ2) is 6.71. The minimum atomic E-state index is -1.79. The van der Waals surface area contributed by atoms with Crippen LogP contribution in [0.1, 0.15) is 0 Å². The molecule has 2 aromatic heterocycles. The topological polar surface area (TPSA) is 70.7 Å². The number of thiophene rings is 1. The van der Waals surface area contributed by atoms with Crippen molar-refractivity contribution in [1.29, 1.82) is 0 Å². The average molecular weight is 334 g/mol. The molecule has 0 aliphatic rings. The molecule has 2 heterocycles. The molecule has 2 N–H and O–H groups in total. The van der Waals surface area contributed by atoms with Crippen LogP contribution in [0.15, 0.2) is 52.3 Å². The maximum absolute atomic E-state index is 14.0. The molecule has 0 spiro atoms. The highest BCUT2D eigenvalue weighted by Gasteiger charge is 2.21. The molecular formula is C14H11FN4OS2. The van der Waals surface area contributed by atoms with Gasteiger partial charge in [-0.3, -0.25) is 9.89 Å². The van der Waals surface area contributed by atoms with Gasteiger partial charge in [0.25, 0.3) is 5.91 Å². The number of benzene rings is 1. The molecule has 3 aromatic rings. The highest BCUT2D eigenvalue weighted by Crippen LogP contribution is 2.25. The minimum Gasteiger partial charge on any atom is -0.323 e. The number of alkyl halides is 1. The van der Waals surface area contributed by atoms with E-state index in [0.717, 1.165) is 5.56 Å². The molecule has 0 fully saturated rings. The highest BCUT2D eigenvalue weighted by molar-refractivity contribution is 8.00. The van der Waals surface area contributed by atoms with E-state index in [1.807, 2.05) is 22.9 Å². The van der Waals surface area contributed by atoms with Gasteiger partial charge in [-0.2, -0.15) is 11.3 Å². The number of aromatic amines is 1. The molecule has 0 aliphatic carbocycles. The Bertz CT molecular complexity index is 745. The molecule has 1 aromatic carbocycles. The third-order valence-electron chi connectivity index (χ3n) is 2.72. The number of nitrogens with one attached hydrogen (secondary N) is 2. The van der Waals surface area contributed by atoms with E-state index in [0.29, 0.717) is 23.3 Å². The number of hydrogen-bond acceptors (Lipinski definition) is 5. The summed E-state index contributed by atoms with van der Waals surface area (Å²) in [5.41, 5.74) is -0.357. The van der Waals surface area contributed by atoms with Crippen molar-refractivity contribution in [2.75, 3.05) is 5.32 Å². The standard InChI is InChI=1S/C14H11FN4OS2/c15-11(13(20)16-10-4-2-1-3-5-10)22-14-17-12(18-19-14)9-6-7-21-8-9/h1-8,11H,(H,16,20)(H,17,18,19). The molecule has 0 radical (unpaired) electrons. The zero-order valence-electron chi connectivity index (χ0n) is 11.2. The molecule has 0 saturated carbocycles. The Morgan fingerprint density at radius 2 is 2.14 bits per heavy atom. The summed E-state index contributed by atoms with van der Waals surface area (Å²) in [5, 5.41) is 13.1. The number of aromatic nitrogens is 3. The number of carbonyl (C=O) groups excluding carboxylic acids is 1. The maximum Gasteiger partial charge on any atom is 0.269 e. The number of H-pyrrole nitrogens is 1. The first-order valence-electron chi connectivity index (χ1n) is 6.34. The highest BCUT2D eigenvalue weighted by atomic mass is 32.2. The number of anilines is 1. The molecule has 0 saturated heterocycles. The van der Waals surface area contributed by atoms with E-state index in [2.05, 4.69) is 20.5 Å². The van der Waals surface area contributed by atoms with Crippen LogP contribution in [0.3, 0.4) is 0 Å². The SMILES string of the molecule is O=C(Nc1ccccc1)C(F)Sc1n[nH]c(-c2ccsc2)n1. The van der Waals surface area contributed by atoms with Crippen molar-refractivity contribution in [1.82, 2.24) is 15.2 Å². The van der Waals surface area contributed by atoms with Gasteiger partial charge in [0.1, 0.15) is 0 Å². The van der Waals surface area contributed by atoms with Gasteiger partial charge in [0.2, 0.25) is 10.7 Å². The average Bonchev–Trinajstić information content (AvgIpc) is 3.19. The summed E-state index contributed by atoms with van der Waals surface area (Å²) in [6.07, 6.45) is 0. The summed E-state index contributed by atoms with van der Waals surface area (Å²) >= 11 is 2.19. The lowest BCUT2D eigenvalue weighted by Gasteiger charge is -2.07. The second-order valence-electron chi connectivity index (χ2n) is 4.27. The van der Waals surface area contributed by atoms with E-state index in [1.54, 1.807) is 24.3 Å². The first-order chi connectivity index (χ1) is 10.7. The van der Waals surface area contributed by atoms with Gasteiger partial charge in [0.15, 0.2) is 5.82 Å². The summed E-state index contributed by atoms with van der Waals surface area (Å²) < 4.78 is 14.0. The Labute approximate surface area is 134 Å². The molecule has 1 unspecified atom stereocenters. The number of rotatable bonds is 5. The van der Waals surface area contributed by atoms with Gasteiger partial charge in [-0.25, -0.2) is 9.37 Å². The number of nitrogens with zero attached hydrogens (tertiary/aromatic N) is 2. The van der Waals surface area contributed by atoms with Gasteiger partial charge in [0, 0.05) is 16.6 Å². The summed E-state index contributed by atoms with van der Waals surface area (Å²) in [4.78, 5) is 15.9. The zero-order chi connectivity index (χ0) is 15.4. The Morgan fingerprint density at radius 1 is 1.32 bits per heavy atom. The lowest BCUT2D eigenvalue weighted by molar-refractivity contribution is -0.118. The predicted octanol–water partition coefficient (Wildman–Crippen LogP) is 3.56. The van der Waals surface area contributed by atoms with Crippen LogP contribution in [0, 0.1) is 0 Å². The number of halogens is 1. The second-order valence-corrected chi connectivity index (χ2v) is 6.06. The van der Waals surface area contributed by atoms with Crippen molar-refractivity contribution in [3.63, 3.8) is 0 Å². The molecule has 0 aliphatic heterocycles. The number of thioether (sulfide) groups is 1. The monoisotopic (exact) mass is 334 g/mol. The Hall–Kier alpha value is -2.19. The van der Waals surface area contributed by atoms with E-state index in [4.69, 9.17) is 0 Å². The van der Waals surface area contributed by atoms with E-state index < -0.39 is 11.4 Å². The van der Waals surface area contributed by atoms with E-state index in [1.165, 1.54) is 11.3 Å². The fourth-order valence-electron chi connectivity index (χ4n) is 1.69. The third kappa shape index (κ3) is 3.52. The van der Waals surface area contributed by atoms with E-state index >= 15 is 0 Å². The van der Waals surface area contributed by atoms with E-state index in [-0.39, 0.29) is 5.16 Å². The largest absolute Gasteiger partial charge is 0.323 e. The lowest BCUT2D eigenvalue weighted by Crippen LogP contribution is -2.21. The van der Waals surface area contributed by atoms with Crippen molar-refractivity contribution >= 4 is 34.7 Å². The zero-order valence-corrected chi connectivity index (χ0v) is 12.8. The summed E-state index contributed by atoms with van der Waals surface area (Å²) in [6, 6.07) is 10.6. The summed E-state index contributed by atoms with van der Waals surface area (Å²) in [7, 11) is 0. The maximum atomic E-state index is 14.0. The molecule has 0 bridgehead atoms. The third-order valence-corrected chi connectivity index (χ3v) is 4.21. The lowest BCUT2D eigenvalue weighted by atomic mass is 10.3. The molecule has 22 heavy (non-hydrogen) atoms. The smallest absolute Gasteiger partial charge is 0.269 e. The van der Waals surface area contributed by atoms with Crippen LogP contribution >= 0.6 is 23.1 Å². The van der Waals surface area contributed by atoms with Crippen molar-refractivity contribution < 1.29 is 9.18 Å². The molecule has 5 nitrogen and oxygen atoms in total. The van der Waals surface area contributed by atoms with Gasteiger partial charge in [0.05, 0.1) is 0 Å². The first-order valence-corrected chi connectivity index (χ1v) is 8.16. The summed E-state index contributed by atoms with van der Waals surface area (Å²) in [6.45, 7) is 0. The van der Waals surface area contributed by atoms with Crippen LogP contribution in [-0.4, -0.2) is 26.6 Å². The molecule has 3 rings (SSSR count). The number of para-hydroxylation sites is 1. The molecule has 8 heteroatoms. The fourth-order valence-corrected chi connectivity index (χ4v) is 2.93. The van der Waals surface area contributed by atoms with Crippen molar-refractivity contribution in [3.05, 3.63) is 47.2 Å².